The molecule has 1 aliphatic rings. The van der Waals surface area contributed by atoms with Crippen LogP contribution >= 0.6 is 11.6 Å². The number of benzene rings is 2. The predicted molar refractivity (Wildman–Crippen MR) is 87.8 cm³/mol. The maximum atomic E-state index is 12.2. The van der Waals surface area contributed by atoms with E-state index in [0.29, 0.717) is 18.1 Å². The molecule has 0 atom stereocenters. The Balaban J connectivity index is 1.56. The summed E-state index contributed by atoms with van der Waals surface area (Å²) < 4.78 is 35.2. The summed E-state index contributed by atoms with van der Waals surface area (Å²) >= 11 is 5.77. The standard InChI is InChI=1S/C16H16ClNO4S/c17-13-4-6-14(7-5-13)23(19,20)9-8-18-10-12-2-1-3-15-16(12)22-11-21-15/h1-7,18H,8-11H2. The first-order chi connectivity index (χ1) is 11.1. The van der Waals surface area contributed by atoms with E-state index in [-0.39, 0.29) is 17.4 Å². The number of sulfone groups is 1. The summed E-state index contributed by atoms with van der Waals surface area (Å²) in [6, 6.07) is 11.8. The molecular formula is C16H16ClNO4S. The number of para-hydroxylation sites is 1. The van der Waals surface area contributed by atoms with Crippen LogP contribution < -0.4 is 14.8 Å². The second-order valence-electron chi connectivity index (χ2n) is 5.10. The molecule has 1 N–H and O–H groups in total. The minimum atomic E-state index is -3.32. The lowest BCUT2D eigenvalue weighted by Crippen LogP contribution is -2.22. The quantitative estimate of drug-likeness (QED) is 0.809. The van der Waals surface area contributed by atoms with E-state index in [1.807, 2.05) is 18.2 Å². The summed E-state index contributed by atoms with van der Waals surface area (Å²) in [6.07, 6.45) is 0. The fourth-order valence-corrected chi connectivity index (χ4v) is 3.64. The molecular weight excluding hydrogens is 338 g/mol. The third kappa shape index (κ3) is 3.77. The molecule has 2 aromatic rings. The monoisotopic (exact) mass is 353 g/mol. The fraction of sp³-hybridized carbons (Fsp3) is 0.250. The van der Waals surface area contributed by atoms with E-state index < -0.39 is 9.84 Å². The summed E-state index contributed by atoms with van der Waals surface area (Å²) in [5.41, 5.74) is 0.948. The fourth-order valence-electron chi connectivity index (χ4n) is 2.32. The Hall–Kier alpha value is -1.76. The number of rotatable bonds is 6. The van der Waals surface area contributed by atoms with E-state index in [0.717, 1.165) is 17.1 Å². The van der Waals surface area contributed by atoms with Crippen molar-refractivity contribution in [2.45, 2.75) is 11.4 Å². The van der Waals surface area contributed by atoms with Gasteiger partial charge >= 0.3 is 0 Å². The zero-order chi connectivity index (χ0) is 16.3. The SMILES string of the molecule is O=S(=O)(CCNCc1cccc2c1OCO2)c1ccc(Cl)cc1. The van der Waals surface area contributed by atoms with E-state index in [9.17, 15) is 8.42 Å². The number of nitrogens with one attached hydrogen (secondary N) is 1. The molecule has 0 saturated carbocycles. The molecule has 23 heavy (non-hydrogen) atoms. The highest BCUT2D eigenvalue weighted by atomic mass is 35.5. The van der Waals surface area contributed by atoms with Gasteiger partial charge in [-0.1, -0.05) is 23.7 Å². The van der Waals surface area contributed by atoms with Crippen LogP contribution in [0.3, 0.4) is 0 Å². The second-order valence-corrected chi connectivity index (χ2v) is 7.65. The van der Waals surface area contributed by atoms with Gasteiger partial charge in [0.05, 0.1) is 10.6 Å². The number of ether oxygens (including phenoxy) is 2. The van der Waals surface area contributed by atoms with Crippen molar-refractivity contribution in [2.24, 2.45) is 0 Å². The van der Waals surface area contributed by atoms with Gasteiger partial charge in [-0.2, -0.15) is 0 Å². The van der Waals surface area contributed by atoms with E-state index in [2.05, 4.69) is 5.32 Å². The molecule has 0 fully saturated rings. The summed E-state index contributed by atoms with van der Waals surface area (Å²) in [7, 11) is -3.32. The van der Waals surface area contributed by atoms with Crippen molar-refractivity contribution in [1.82, 2.24) is 5.32 Å². The van der Waals surface area contributed by atoms with Crippen LogP contribution in [-0.4, -0.2) is 27.5 Å². The van der Waals surface area contributed by atoms with E-state index >= 15 is 0 Å². The van der Waals surface area contributed by atoms with Crippen molar-refractivity contribution >= 4 is 21.4 Å². The molecule has 0 radical (unpaired) electrons. The van der Waals surface area contributed by atoms with E-state index in [1.54, 1.807) is 12.1 Å². The molecule has 1 aliphatic heterocycles. The van der Waals surface area contributed by atoms with Gasteiger partial charge < -0.3 is 14.8 Å². The number of hydrogen-bond acceptors (Lipinski definition) is 5. The molecule has 0 amide bonds. The molecule has 0 unspecified atom stereocenters. The Morgan fingerprint density at radius 3 is 2.65 bits per heavy atom. The smallest absolute Gasteiger partial charge is 0.231 e. The van der Waals surface area contributed by atoms with Crippen LogP contribution in [0, 0.1) is 0 Å². The van der Waals surface area contributed by atoms with E-state index in [4.69, 9.17) is 21.1 Å². The molecule has 5 nitrogen and oxygen atoms in total. The first-order valence-electron chi connectivity index (χ1n) is 7.13. The summed E-state index contributed by atoms with van der Waals surface area (Å²) in [4.78, 5) is 0.279. The van der Waals surface area contributed by atoms with Crippen molar-refractivity contribution in [3.05, 3.63) is 53.1 Å². The minimum absolute atomic E-state index is 0.0149. The molecule has 2 aromatic carbocycles. The Morgan fingerprint density at radius 1 is 1.09 bits per heavy atom. The lowest BCUT2D eigenvalue weighted by atomic mass is 10.2. The molecule has 0 aromatic heterocycles. The highest BCUT2D eigenvalue weighted by Crippen LogP contribution is 2.35. The van der Waals surface area contributed by atoms with Crippen LogP contribution in [0.25, 0.3) is 0 Å². The minimum Gasteiger partial charge on any atom is -0.454 e. The van der Waals surface area contributed by atoms with Crippen LogP contribution in [0.4, 0.5) is 0 Å². The van der Waals surface area contributed by atoms with Crippen molar-refractivity contribution in [3.63, 3.8) is 0 Å². The van der Waals surface area contributed by atoms with Gasteiger partial charge in [-0.05, 0) is 30.3 Å². The predicted octanol–water partition coefficient (Wildman–Crippen LogP) is 2.63. The Labute approximate surface area is 140 Å². The van der Waals surface area contributed by atoms with Gasteiger partial charge in [-0.25, -0.2) is 8.42 Å². The molecule has 122 valence electrons. The summed E-state index contributed by atoms with van der Waals surface area (Å²) in [6.45, 7) is 1.08. The Morgan fingerprint density at radius 2 is 1.87 bits per heavy atom. The summed E-state index contributed by atoms with van der Waals surface area (Å²) in [5.74, 6) is 1.46. The van der Waals surface area contributed by atoms with Crippen molar-refractivity contribution in [3.8, 4) is 11.5 Å². The zero-order valence-electron chi connectivity index (χ0n) is 12.3. The Kier molecular flexibility index (Phi) is 4.75. The number of hydrogen-bond donors (Lipinski definition) is 1. The third-order valence-corrected chi connectivity index (χ3v) is 5.50. The van der Waals surface area contributed by atoms with Gasteiger partial charge in [0.2, 0.25) is 6.79 Å². The highest BCUT2D eigenvalue weighted by Gasteiger charge is 2.17. The lowest BCUT2D eigenvalue weighted by Gasteiger charge is -2.08. The maximum Gasteiger partial charge on any atom is 0.231 e. The third-order valence-electron chi connectivity index (χ3n) is 3.51. The maximum absolute atomic E-state index is 12.2. The van der Waals surface area contributed by atoms with Gasteiger partial charge in [-0.3, -0.25) is 0 Å². The first kappa shape index (κ1) is 16.1. The molecule has 0 spiro atoms. The van der Waals surface area contributed by atoms with Crippen LogP contribution in [0.1, 0.15) is 5.56 Å². The first-order valence-corrected chi connectivity index (χ1v) is 9.16. The molecule has 3 rings (SSSR count). The van der Waals surface area contributed by atoms with Crippen molar-refractivity contribution < 1.29 is 17.9 Å². The molecule has 0 saturated heterocycles. The van der Waals surface area contributed by atoms with E-state index in [1.165, 1.54) is 12.1 Å². The average molecular weight is 354 g/mol. The molecule has 7 heteroatoms. The number of fused-ring (bicyclic) bond motifs is 1. The van der Waals surface area contributed by atoms with Gasteiger partial charge in [0.1, 0.15) is 0 Å². The van der Waals surface area contributed by atoms with Crippen molar-refractivity contribution in [1.29, 1.82) is 0 Å². The van der Waals surface area contributed by atoms with Crippen LogP contribution in [0.15, 0.2) is 47.4 Å². The second kappa shape index (κ2) is 6.78. The van der Waals surface area contributed by atoms with Crippen LogP contribution in [-0.2, 0) is 16.4 Å². The number of halogens is 1. The lowest BCUT2D eigenvalue weighted by molar-refractivity contribution is 0.173. The summed E-state index contributed by atoms with van der Waals surface area (Å²) in [5, 5.41) is 3.64. The molecule has 1 heterocycles. The van der Waals surface area contributed by atoms with Crippen LogP contribution in [0.2, 0.25) is 5.02 Å². The van der Waals surface area contributed by atoms with Crippen LogP contribution in [0.5, 0.6) is 11.5 Å². The topological polar surface area (TPSA) is 64.6 Å². The molecule has 0 aliphatic carbocycles. The Bertz CT molecular complexity index is 790. The van der Waals surface area contributed by atoms with Gasteiger partial charge in [0.25, 0.3) is 0 Å². The largest absolute Gasteiger partial charge is 0.454 e. The average Bonchev–Trinajstić information content (AvgIpc) is 3.01. The zero-order valence-corrected chi connectivity index (χ0v) is 13.9. The highest BCUT2D eigenvalue weighted by molar-refractivity contribution is 7.91. The molecule has 0 bridgehead atoms. The van der Waals surface area contributed by atoms with Gasteiger partial charge in [-0.15, -0.1) is 0 Å². The van der Waals surface area contributed by atoms with Crippen molar-refractivity contribution in [2.75, 3.05) is 19.1 Å². The normalized spacial score (nSPS) is 13.3. The van der Waals surface area contributed by atoms with Gasteiger partial charge in [0, 0.05) is 23.7 Å². The van der Waals surface area contributed by atoms with Gasteiger partial charge in [0.15, 0.2) is 21.3 Å².